The minimum absolute atomic E-state index is 0.205. The zero-order chi connectivity index (χ0) is 14.0. The van der Waals surface area contributed by atoms with Gasteiger partial charge in [0.25, 0.3) is 0 Å². The van der Waals surface area contributed by atoms with E-state index in [1.165, 1.54) is 12.1 Å². The second-order valence-corrected chi connectivity index (χ2v) is 7.97. The van der Waals surface area contributed by atoms with Gasteiger partial charge < -0.3 is 0 Å². The molecular formula is C13H18FNO2S2. The van der Waals surface area contributed by atoms with Crippen molar-refractivity contribution in [2.75, 3.05) is 12.3 Å². The van der Waals surface area contributed by atoms with E-state index in [0.717, 1.165) is 18.6 Å². The number of sulfonamides is 1. The maximum absolute atomic E-state index is 13.2. The van der Waals surface area contributed by atoms with Crippen LogP contribution in [0.5, 0.6) is 0 Å². The van der Waals surface area contributed by atoms with E-state index in [4.69, 9.17) is 0 Å². The van der Waals surface area contributed by atoms with Crippen molar-refractivity contribution in [2.45, 2.75) is 36.8 Å². The molecule has 0 bridgehead atoms. The van der Waals surface area contributed by atoms with Gasteiger partial charge in [0.05, 0.1) is 4.90 Å². The van der Waals surface area contributed by atoms with Crippen LogP contribution in [0.4, 0.5) is 4.39 Å². The Morgan fingerprint density at radius 1 is 1.37 bits per heavy atom. The molecule has 1 aliphatic heterocycles. The lowest BCUT2D eigenvalue weighted by Crippen LogP contribution is -2.30. The maximum Gasteiger partial charge on any atom is 0.241 e. The maximum atomic E-state index is 13.2. The van der Waals surface area contributed by atoms with E-state index in [-0.39, 0.29) is 4.90 Å². The van der Waals surface area contributed by atoms with Gasteiger partial charge in [-0.25, -0.2) is 17.5 Å². The number of aryl methyl sites for hydroxylation is 2. The highest BCUT2D eigenvalue weighted by Crippen LogP contribution is 2.26. The molecule has 1 fully saturated rings. The third kappa shape index (κ3) is 3.49. The molecule has 0 spiro atoms. The van der Waals surface area contributed by atoms with Crippen molar-refractivity contribution in [2.24, 2.45) is 0 Å². The molecule has 1 aromatic rings. The third-order valence-electron chi connectivity index (χ3n) is 3.22. The molecule has 1 heterocycles. The molecule has 0 aromatic heterocycles. The van der Waals surface area contributed by atoms with Gasteiger partial charge in [0.15, 0.2) is 0 Å². The van der Waals surface area contributed by atoms with Crippen LogP contribution >= 0.6 is 11.8 Å². The first kappa shape index (κ1) is 14.8. The van der Waals surface area contributed by atoms with Gasteiger partial charge in [-0.1, -0.05) is 0 Å². The second-order valence-electron chi connectivity index (χ2n) is 4.86. The van der Waals surface area contributed by atoms with E-state index in [2.05, 4.69) is 4.72 Å². The number of rotatable bonds is 4. The number of thioether (sulfide) groups is 1. The Morgan fingerprint density at radius 3 is 2.53 bits per heavy atom. The molecule has 0 radical (unpaired) electrons. The summed E-state index contributed by atoms with van der Waals surface area (Å²) in [5.74, 6) is 0.696. The highest BCUT2D eigenvalue weighted by Gasteiger charge is 2.23. The van der Waals surface area contributed by atoms with Crippen molar-refractivity contribution < 1.29 is 12.8 Å². The van der Waals surface area contributed by atoms with Crippen LogP contribution in [-0.2, 0) is 10.0 Å². The number of halogens is 1. The van der Waals surface area contributed by atoms with E-state index in [0.29, 0.717) is 22.9 Å². The lowest BCUT2D eigenvalue weighted by molar-refractivity contribution is 0.576. The van der Waals surface area contributed by atoms with Gasteiger partial charge in [-0.15, -0.1) is 0 Å². The highest BCUT2D eigenvalue weighted by atomic mass is 32.2. The Labute approximate surface area is 118 Å². The van der Waals surface area contributed by atoms with E-state index in [9.17, 15) is 12.8 Å². The third-order valence-corrected chi connectivity index (χ3v) is 6.35. The van der Waals surface area contributed by atoms with Crippen LogP contribution in [0.25, 0.3) is 0 Å². The summed E-state index contributed by atoms with van der Waals surface area (Å²) in [7, 11) is -3.56. The number of hydrogen-bond donors (Lipinski definition) is 1. The summed E-state index contributed by atoms with van der Waals surface area (Å²) >= 11 is 1.80. The lowest BCUT2D eigenvalue weighted by atomic mass is 10.1. The zero-order valence-corrected chi connectivity index (χ0v) is 12.7. The summed E-state index contributed by atoms with van der Waals surface area (Å²) in [4.78, 5) is 0.205. The molecule has 1 aliphatic rings. The van der Waals surface area contributed by atoms with Gasteiger partial charge in [-0.3, -0.25) is 0 Å². The molecule has 2 rings (SSSR count). The first-order valence-corrected chi connectivity index (χ1v) is 8.81. The monoisotopic (exact) mass is 303 g/mol. The van der Waals surface area contributed by atoms with Crippen molar-refractivity contribution in [1.82, 2.24) is 4.72 Å². The molecule has 1 unspecified atom stereocenters. The van der Waals surface area contributed by atoms with Gasteiger partial charge >= 0.3 is 0 Å². The molecule has 6 heteroatoms. The fourth-order valence-electron chi connectivity index (χ4n) is 2.40. The van der Waals surface area contributed by atoms with Gasteiger partial charge in [-0.05, 0) is 55.7 Å². The number of hydrogen-bond acceptors (Lipinski definition) is 3. The minimum atomic E-state index is -3.56. The Bertz CT molecular complexity index is 543. The molecule has 19 heavy (non-hydrogen) atoms. The molecule has 0 amide bonds. The molecule has 1 atom stereocenters. The molecule has 106 valence electrons. The van der Waals surface area contributed by atoms with Crippen LogP contribution in [0, 0.1) is 19.7 Å². The minimum Gasteiger partial charge on any atom is -0.210 e. The van der Waals surface area contributed by atoms with Crippen molar-refractivity contribution in [1.29, 1.82) is 0 Å². The Balaban J connectivity index is 2.19. The summed E-state index contributed by atoms with van der Waals surface area (Å²) in [6.45, 7) is 3.69. The first-order valence-electron chi connectivity index (χ1n) is 6.28. The van der Waals surface area contributed by atoms with E-state index >= 15 is 0 Å². The Kier molecular flexibility index (Phi) is 4.53. The van der Waals surface area contributed by atoms with Crippen LogP contribution in [0.15, 0.2) is 17.0 Å². The standard InChI is InChI=1S/C13H18FNO2S2/c1-9-6-11(14)7-10(2)13(9)19(16,17)15-8-12-4-3-5-18-12/h6-7,12,15H,3-5,8H2,1-2H3. The Hall–Kier alpha value is -0.590. The topological polar surface area (TPSA) is 46.2 Å². The molecule has 0 saturated carbocycles. The van der Waals surface area contributed by atoms with Crippen LogP contribution in [-0.4, -0.2) is 26.0 Å². The largest absolute Gasteiger partial charge is 0.241 e. The van der Waals surface area contributed by atoms with E-state index in [1.807, 2.05) is 0 Å². The number of benzene rings is 1. The van der Waals surface area contributed by atoms with Gasteiger partial charge in [0.1, 0.15) is 5.82 Å². The fourth-order valence-corrected chi connectivity index (χ4v) is 5.24. The summed E-state index contributed by atoms with van der Waals surface area (Å²) in [6, 6.07) is 2.51. The normalized spacial score (nSPS) is 19.8. The predicted molar refractivity (Wildman–Crippen MR) is 76.5 cm³/mol. The molecule has 1 aromatic carbocycles. The lowest BCUT2D eigenvalue weighted by Gasteiger charge is -2.14. The second kappa shape index (κ2) is 5.81. The number of nitrogens with one attached hydrogen (secondary N) is 1. The van der Waals surface area contributed by atoms with E-state index < -0.39 is 15.8 Å². The molecule has 0 aliphatic carbocycles. The zero-order valence-electron chi connectivity index (χ0n) is 11.1. The van der Waals surface area contributed by atoms with Crippen molar-refractivity contribution in [3.8, 4) is 0 Å². The molecule has 3 nitrogen and oxygen atoms in total. The average molecular weight is 303 g/mol. The molecular weight excluding hydrogens is 285 g/mol. The summed E-state index contributed by atoms with van der Waals surface area (Å²) < 4.78 is 40.5. The summed E-state index contributed by atoms with van der Waals surface area (Å²) in [6.07, 6.45) is 2.19. The Morgan fingerprint density at radius 2 is 2.00 bits per heavy atom. The fraction of sp³-hybridized carbons (Fsp3) is 0.538. The van der Waals surface area contributed by atoms with Crippen molar-refractivity contribution in [3.63, 3.8) is 0 Å². The highest BCUT2D eigenvalue weighted by molar-refractivity contribution is 8.00. The van der Waals surface area contributed by atoms with Gasteiger partial charge in [0, 0.05) is 11.8 Å². The molecule has 1 saturated heterocycles. The van der Waals surface area contributed by atoms with Crippen LogP contribution in [0.1, 0.15) is 24.0 Å². The van der Waals surface area contributed by atoms with Crippen LogP contribution in [0.3, 0.4) is 0 Å². The van der Waals surface area contributed by atoms with Gasteiger partial charge in [0.2, 0.25) is 10.0 Å². The predicted octanol–water partition coefficient (Wildman–Crippen LogP) is 2.62. The van der Waals surface area contributed by atoms with Crippen LogP contribution in [0.2, 0.25) is 0 Å². The molecule has 1 N–H and O–H groups in total. The average Bonchev–Trinajstić information content (AvgIpc) is 2.77. The SMILES string of the molecule is Cc1cc(F)cc(C)c1S(=O)(=O)NCC1CCCS1. The quantitative estimate of drug-likeness (QED) is 0.930. The summed E-state index contributed by atoms with van der Waals surface area (Å²) in [5, 5.41) is 0.357. The van der Waals surface area contributed by atoms with Gasteiger partial charge in [-0.2, -0.15) is 11.8 Å². The van der Waals surface area contributed by atoms with Crippen LogP contribution < -0.4 is 4.72 Å². The van der Waals surface area contributed by atoms with E-state index in [1.54, 1.807) is 25.6 Å². The first-order chi connectivity index (χ1) is 8.90. The smallest absolute Gasteiger partial charge is 0.210 e. The van der Waals surface area contributed by atoms with Crippen molar-refractivity contribution >= 4 is 21.8 Å². The summed E-state index contributed by atoms with van der Waals surface area (Å²) in [5.41, 5.74) is 0.896. The van der Waals surface area contributed by atoms with Crippen molar-refractivity contribution in [3.05, 3.63) is 29.1 Å².